The first kappa shape index (κ1) is 7.83. The second-order valence-corrected chi connectivity index (χ2v) is 2.27. The number of aromatic nitrogens is 2. The fraction of sp³-hybridized carbons (Fsp3) is 0.375. The van der Waals surface area contributed by atoms with Gasteiger partial charge in [0.15, 0.2) is 0 Å². The Balaban J connectivity index is 2.92. The lowest BCUT2D eigenvalue weighted by molar-refractivity contribution is 0.632. The fourth-order valence-corrected chi connectivity index (χ4v) is 0.984. The van der Waals surface area contributed by atoms with Crippen LogP contribution in [0.1, 0.15) is 11.7 Å². The summed E-state index contributed by atoms with van der Waals surface area (Å²) in [7, 11) is 3.70. The monoisotopic (exact) mass is 149 g/mol. The van der Waals surface area contributed by atoms with Gasteiger partial charge in [-0.25, -0.2) is 0 Å². The number of rotatable bonds is 2. The third kappa shape index (κ3) is 1.41. The maximum Gasteiger partial charge on any atom is 0.111 e. The SMILES string of the molecule is C#CC(NC)c1ccnn1C. The molecule has 0 amide bonds. The van der Waals surface area contributed by atoms with Gasteiger partial charge >= 0.3 is 0 Å². The van der Waals surface area contributed by atoms with Crippen LogP contribution in [0.4, 0.5) is 0 Å². The first-order valence-corrected chi connectivity index (χ1v) is 3.41. The summed E-state index contributed by atoms with van der Waals surface area (Å²) >= 11 is 0. The molecule has 0 aliphatic rings. The van der Waals surface area contributed by atoms with E-state index in [1.807, 2.05) is 20.2 Å². The molecule has 3 heteroatoms. The van der Waals surface area contributed by atoms with E-state index in [4.69, 9.17) is 6.42 Å². The van der Waals surface area contributed by atoms with Crippen LogP contribution >= 0.6 is 0 Å². The fourth-order valence-electron chi connectivity index (χ4n) is 0.984. The minimum absolute atomic E-state index is 0.0394. The average Bonchev–Trinajstić information content (AvgIpc) is 2.40. The highest BCUT2D eigenvalue weighted by atomic mass is 15.3. The number of terminal acetylenes is 1. The number of aryl methyl sites for hydroxylation is 1. The Hall–Kier alpha value is -1.27. The van der Waals surface area contributed by atoms with E-state index in [9.17, 15) is 0 Å². The summed E-state index contributed by atoms with van der Waals surface area (Å²) in [4.78, 5) is 0. The van der Waals surface area contributed by atoms with E-state index in [1.165, 1.54) is 0 Å². The van der Waals surface area contributed by atoms with Crippen LogP contribution in [0.15, 0.2) is 12.3 Å². The molecule has 1 unspecified atom stereocenters. The van der Waals surface area contributed by atoms with Gasteiger partial charge in [-0.3, -0.25) is 4.68 Å². The van der Waals surface area contributed by atoms with Crippen LogP contribution in [0.2, 0.25) is 0 Å². The molecule has 1 atom stereocenters. The molecular formula is C8H11N3. The van der Waals surface area contributed by atoms with Crippen LogP contribution in [0.3, 0.4) is 0 Å². The molecule has 3 nitrogen and oxygen atoms in total. The zero-order valence-corrected chi connectivity index (χ0v) is 6.70. The molecule has 0 saturated heterocycles. The van der Waals surface area contributed by atoms with E-state index >= 15 is 0 Å². The Morgan fingerprint density at radius 3 is 2.91 bits per heavy atom. The number of hydrogen-bond acceptors (Lipinski definition) is 2. The van der Waals surface area contributed by atoms with Crippen molar-refractivity contribution in [3.63, 3.8) is 0 Å². The lowest BCUT2D eigenvalue weighted by Crippen LogP contribution is -2.17. The Morgan fingerprint density at radius 2 is 2.55 bits per heavy atom. The smallest absolute Gasteiger partial charge is 0.111 e. The first-order valence-electron chi connectivity index (χ1n) is 3.41. The van der Waals surface area contributed by atoms with Crippen molar-refractivity contribution in [1.82, 2.24) is 15.1 Å². The van der Waals surface area contributed by atoms with Gasteiger partial charge in [-0.05, 0) is 13.1 Å². The Labute approximate surface area is 66.4 Å². The van der Waals surface area contributed by atoms with Crippen molar-refractivity contribution in [2.75, 3.05) is 7.05 Å². The molecule has 11 heavy (non-hydrogen) atoms. The zero-order valence-electron chi connectivity index (χ0n) is 6.70. The quantitative estimate of drug-likeness (QED) is 0.613. The van der Waals surface area contributed by atoms with Gasteiger partial charge in [0.25, 0.3) is 0 Å². The van der Waals surface area contributed by atoms with Gasteiger partial charge in [-0.2, -0.15) is 5.10 Å². The predicted molar refractivity (Wildman–Crippen MR) is 43.8 cm³/mol. The highest BCUT2D eigenvalue weighted by molar-refractivity contribution is 5.16. The standard InChI is InChI=1S/C8H11N3/c1-4-7(9-2)8-5-6-10-11(8)3/h1,5-7,9H,2-3H3. The molecule has 0 aliphatic carbocycles. The Morgan fingerprint density at radius 1 is 1.82 bits per heavy atom. The van der Waals surface area contributed by atoms with Gasteiger partial charge in [0.1, 0.15) is 6.04 Å². The van der Waals surface area contributed by atoms with Crippen LogP contribution in [-0.4, -0.2) is 16.8 Å². The van der Waals surface area contributed by atoms with E-state index in [-0.39, 0.29) is 6.04 Å². The van der Waals surface area contributed by atoms with Crippen molar-refractivity contribution in [2.45, 2.75) is 6.04 Å². The normalized spacial score (nSPS) is 12.5. The molecule has 1 aromatic heterocycles. The Bertz CT molecular complexity index is 269. The molecule has 0 saturated carbocycles. The van der Waals surface area contributed by atoms with Gasteiger partial charge in [0.05, 0.1) is 5.69 Å². The molecule has 0 aliphatic heterocycles. The number of nitrogens with one attached hydrogen (secondary N) is 1. The van der Waals surface area contributed by atoms with Gasteiger partial charge in [-0.1, -0.05) is 5.92 Å². The van der Waals surface area contributed by atoms with E-state index < -0.39 is 0 Å². The topological polar surface area (TPSA) is 29.9 Å². The van der Waals surface area contributed by atoms with Crippen molar-refractivity contribution < 1.29 is 0 Å². The third-order valence-electron chi connectivity index (χ3n) is 1.61. The van der Waals surface area contributed by atoms with Crippen LogP contribution in [0, 0.1) is 12.3 Å². The lowest BCUT2D eigenvalue weighted by Gasteiger charge is -2.08. The summed E-state index contributed by atoms with van der Waals surface area (Å²) in [6.07, 6.45) is 7.02. The van der Waals surface area contributed by atoms with Crippen LogP contribution < -0.4 is 5.32 Å². The van der Waals surface area contributed by atoms with E-state index in [0.29, 0.717) is 0 Å². The molecule has 0 radical (unpaired) electrons. The van der Waals surface area contributed by atoms with Crippen molar-refractivity contribution in [2.24, 2.45) is 7.05 Å². The summed E-state index contributed by atoms with van der Waals surface area (Å²) in [5, 5.41) is 7.01. The molecule has 1 heterocycles. The molecule has 0 aromatic carbocycles. The molecule has 1 rings (SSSR count). The second-order valence-electron chi connectivity index (χ2n) is 2.27. The molecule has 0 fully saturated rings. The van der Waals surface area contributed by atoms with Crippen molar-refractivity contribution >= 4 is 0 Å². The third-order valence-corrected chi connectivity index (χ3v) is 1.61. The van der Waals surface area contributed by atoms with Crippen LogP contribution in [-0.2, 0) is 7.05 Å². The molecule has 58 valence electrons. The first-order chi connectivity index (χ1) is 5.29. The minimum atomic E-state index is -0.0394. The van der Waals surface area contributed by atoms with Gasteiger partial charge in [-0.15, -0.1) is 6.42 Å². The highest BCUT2D eigenvalue weighted by Crippen LogP contribution is 2.08. The number of hydrogen-bond donors (Lipinski definition) is 1. The van der Waals surface area contributed by atoms with Crippen molar-refractivity contribution in [3.05, 3.63) is 18.0 Å². The second kappa shape index (κ2) is 3.22. The molecular weight excluding hydrogens is 138 g/mol. The van der Waals surface area contributed by atoms with Crippen LogP contribution in [0.5, 0.6) is 0 Å². The molecule has 1 aromatic rings. The van der Waals surface area contributed by atoms with E-state index in [1.54, 1.807) is 10.9 Å². The summed E-state index contributed by atoms with van der Waals surface area (Å²) in [6.45, 7) is 0. The lowest BCUT2D eigenvalue weighted by atomic mass is 10.2. The van der Waals surface area contributed by atoms with Gasteiger partial charge < -0.3 is 5.32 Å². The molecule has 0 spiro atoms. The Kier molecular flexibility index (Phi) is 2.29. The van der Waals surface area contributed by atoms with E-state index in [2.05, 4.69) is 16.3 Å². The highest BCUT2D eigenvalue weighted by Gasteiger charge is 2.07. The predicted octanol–water partition coefficient (Wildman–Crippen LogP) is 0.314. The summed E-state index contributed by atoms with van der Waals surface area (Å²) in [6, 6.07) is 1.86. The van der Waals surface area contributed by atoms with Crippen molar-refractivity contribution in [1.29, 1.82) is 0 Å². The summed E-state index contributed by atoms with van der Waals surface area (Å²) < 4.78 is 1.76. The maximum absolute atomic E-state index is 5.29. The number of nitrogens with zero attached hydrogens (tertiary/aromatic N) is 2. The van der Waals surface area contributed by atoms with Crippen LogP contribution in [0.25, 0.3) is 0 Å². The maximum atomic E-state index is 5.29. The molecule has 0 bridgehead atoms. The molecule has 1 N–H and O–H groups in total. The van der Waals surface area contributed by atoms with Crippen molar-refractivity contribution in [3.8, 4) is 12.3 Å². The van der Waals surface area contributed by atoms with E-state index in [0.717, 1.165) is 5.69 Å². The van der Waals surface area contributed by atoms with Gasteiger partial charge in [0, 0.05) is 13.2 Å². The zero-order chi connectivity index (χ0) is 8.27. The van der Waals surface area contributed by atoms with Gasteiger partial charge in [0.2, 0.25) is 0 Å². The largest absolute Gasteiger partial charge is 0.302 e. The summed E-state index contributed by atoms with van der Waals surface area (Å²) in [5.41, 5.74) is 1.01. The average molecular weight is 149 g/mol. The summed E-state index contributed by atoms with van der Waals surface area (Å²) in [5.74, 6) is 2.62. The minimum Gasteiger partial charge on any atom is -0.302 e.